The van der Waals surface area contributed by atoms with Crippen molar-refractivity contribution in [3.8, 4) is 6.07 Å². The molecule has 1 heterocycles. The Morgan fingerprint density at radius 3 is 2.63 bits per heavy atom. The van der Waals surface area contributed by atoms with E-state index in [1.807, 2.05) is 25.1 Å². The highest BCUT2D eigenvalue weighted by Gasteiger charge is 2.09. The largest absolute Gasteiger partial charge is 0.362 e. The van der Waals surface area contributed by atoms with E-state index in [1.165, 1.54) is 6.08 Å². The second-order valence-corrected chi connectivity index (χ2v) is 4.12. The lowest BCUT2D eigenvalue weighted by Crippen LogP contribution is -2.13. The van der Waals surface area contributed by atoms with E-state index in [4.69, 9.17) is 5.26 Å². The molecular weight excluding hydrogens is 238 g/mol. The maximum atomic E-state index is 11.9. The Balaban J connectivity index is 2.14. The van der Waals surface area contributed by atoms with Crippen LogP contribution in [0.5, 0.6) is 0 Å². The van der Waals surface area contributed by atoms with Crippen molar-refractivity contribution in [3.05, 3.63) is 59.4 Å². The zero-order valence-corrected chi connectivity index (χ0v) is 10.5. The van der Waals surface area contributed by atoms with Crippen LogP contribution in [-0.4, -0.2) is 10.9 Å². The third-order valence-corrected chi connectivity index (χ3v) is 2.60. The van der Waals surface area contributed by atoms with Crippen LogP contribution in [0.2, 0.25) is 0 Å². The number of carbonyl (C=O) groups excluding carboxylic acids is 1. The summed E-state index contributed by atoms with van der Waals surface area (Å²) in [6.45, 7) is 1.97. The number of hydrogen-bond acceptors (Lipinski definition) is 2. The third-order valence-electron chi connectivity index (χ3n) is 2.60. The molecule has 0 spiro atoms. The SMILES string of the molecule is Cc1ccc(NC(=O)/C(C#N)=C/c2ccc[nH]2)cc1. The molecule has 2 rings (SSSR count). The summed E-state index contributed by atoms with van der Waals surface area (Å²) >= 11 is 0. The molecule has 2 N–H and O–H groups in total. The summed E-state index contributed by atoms with van der Waals surface area (Å²) < 4.78 is 0. The van der Waals surface area contributed by atoms with E-state index >= 15 is 0 Å². The van der Waals surface area contributed by atoms with Gasteiger partial charge in [0.2, 0.25) is 0 Å². The quantitative estimate of drug-likeness (QED) is 0.650. The monoisotopic (exact) mass is 251 g/mol. The zero-order chi connectivity index (χ0) is 13.7. The Morgan fingerprint density at radius 1 is 1.32 bits per heavy atom. The number of amides is 1. The minimum absolute atomic E-state index is 0.0584. The van der Waals surface area contributed by atoms with Crippen LogP contribution in [0, 0.1) is 18.3 Å². The number of benzene rings is 1. The number of H-pyrrole nitrogens is 1. The Kier molecular flexibility index (Phi) is 3.79. The molecule has 4 nitrogen and oxygen atoms in total. The Bertz CT molecular complexity index is 631. The molecule has 0 aliphatic heterocycles. The fourth-order valence-corrected chi connectivity index (χ4v) is 1.57. The number of nitrogens with zero attached hydrogens (tertiary/aromatic N) is 1. The van der Waals surface area contributed by atoms with E-state index in [2.05, 4.69) is 10.3 Å². The van der Waals surface area contributed by atoms with Gasteiger partial charge in [0.15, 0.2) is 0 Å². The second kappa shape index (κ2) is 5.69. The molecule has 1 aromatic heterocycles. The first-order chi connectivity index (χ1) is 9.19. The molecule has 19 heavy (non-hydrogen) atoms. The maximum absolute atomic E-state index is 11.9. The van der Waals surface area contributed by atoms with Crippen LogP contribution >= 0.6 is 0 Å². The summed E-state index contributed by atoms with van der Waals surface area (Å²) in [5, 5.41) is 11.7. The van der Waals surface area contributed by atoms with Gasteiger partial charge in [0, 0.05) is 17.6 Å². The molecule has 4 heteroatoms. The molecule has 0 bridgehead atoms. The number of aromatic amines is 1. The number of aryl methyl sites for hydroxylation is 1. The number of nitriles is 1. The minimum atomic E-state index is -0.416. The molecule has 1 amide bonds. The number of rotatable bonds is 3. The van der Waals surface area contributed by atoms with Crippen LogP contribution in [0.15, 0.2) is 48.2 Å². The molecule has 0 radical (unpaired) electrons. The number of nitrogens with one attached hydrogen (secondary N) is 2. The van der Waals surface area contributed by atoms with Crippen LogP contribution in [0.25, 0.3) is 6.08 Å². The predicted molar refractivity (Wildman–Crippen MR) is 74.2 cm³/mol. The van der Waals surface area contributed by atoms with Gasteiger partial charge in [-0.15, -0.1) is 0 Å². The van der Waals surface area contributed by atoms with Crippen molar-refractivity contribution in [2.45, 2.75) is 6.92 Å². The van der Waals surface area contributed by atoms with Gasteiger partial charge in [-0.25, -0.2) is 0 Å². The van der Waals surface area contributed by atoms with Gasteiger partial charge in [0.05, 0.1) is 0 Å². The van der Waals surface area contributed by atoms with Crippen LogP contribution < -0.4 is 5.32 Å². The molecule has 0 saturated carbocycles. The average Bonchev–Trinajstić information content (AvgIpc) is 2.91. The molecule has 0 aliphatic carbocycles. The highest BCUT2D eigenvalue weighted by molar-refractivity contribution is 6.09. The van der Waals surface area contributed by atoms with Crippen molar-refractivity contribution in [2.75, 3.05) is 5.32 Å². The molecular formula is C15H13N3O. The molecule has 1 aromatic carbocycles. The first-order valence-corrected chi connectivity index (χ1v) is 5.82. The number of aromatic nitrogens is 1. The summed E-state index contributed by atoms with van der Waals surface area (Å²) in [4.78, 5) is 14.9. The van der Waals surface area contributed by atoms with E-state index in [0.717, 1.165) is 11.3 Å². The summed E-state index contributed by atoms with van der Waals surface area (Å²) in [6.07, 6.45) is 3.25. The van der Waals surface area contributed by atoms with Gasteiger partial charge < -0.3 is 10.3 Å². The normalized spacial score (nSPS) is 10.8. The van der Waals surface area contributed by atoms with E-state index < -0.39 is 5.91 Å². The Labute approximate surface area is 111 Å². The van der Waals surface area contributed by atoms with E-state index in [9.17, 15) is 4.79 Å². The van der Waals surface area contributed by atoms with Crippen molar-refractivity contribution in [1.29, 1.82) is 5.26 Å². The van der Waals surface area contributed by atoms with Crippen LogP contribution in [0.1, 0.15) is 11.3 Å². The van der Waals surface area contributed by atoms with Gasteiger partial charge >= 0.3 is 0 Å². The topological polar surface area (TPSA) is 68.7 Å². The van der Waals surface area contributed by atoms with Gasteiger partial charge in [-0.1, -0.05) is 17.7 Å². The molecule has 0 aliphatic rings. The fraction of sp³-hybridized carbons (Fsp3) is 0.0667. The molecule has 0 atom stereocenters. The first kappa shape index (κ1) is 12.7. The lowest BCUT2D eigenvalue weighted by Gasteiger charge is -2.04. The third kappa shape index (κ3) is 3.33. The van der Waals surface area contributed by atoms with Gasteiger partial charge in [0.1, 0.15) is 11.6 Å². The van der Waals surface area contributed by atoms with E-state index in [-0.39, 0.29) is 5.57 Å². The molecule has 0 saturated heterocycles. The summed E-state index contributed by atoms with van der Waals surface area (Å²) in [6, 6.07) is 12.9. The molecule has 94 valence electrons. The van der Waals surface area contributed by atoms with Crippen molar-refractivity contribution >= 4 is 17.7 Å². The van der Waals surface area contributed by atoms with Crippen LogP contribution in [-0.2, 0) is 4.79 Å². The number of carbonyl (C=O) groups is 1. The zero-order valence-electron chi connectivity index (χ0n) is 10.5. The van der Waals surface area contributed by atoms with Gasteiger partial charge in [-0.2, -0.15) is 5.26 Å². The van der Waals surface area contributed by atoms with Gasteiger partial charge in [-0.05, 0) is 37.3 Å². The van der Waals surface area contributed by atoms with E-state index in [1.54, 1.807) is 30.5 Å². The number of hydrogen-bond donors (Lipinski definition) is 2. The minimum Gasteiger partial charge on any atom is -0.362 e. The Morgan fingerprint density at radius 2 is 2.05 bits per heavy atom. The highest BCUT2D eigenvalue weighted by atomic mass is 16.1. The fourth-order valence-electron chi connectivity index (χ4n) is 1.57. The van der Waals surface area contributed by atoms with Crippen molar-refractivity contribution in [3.63, 3.8) is 0 Å². The lowest BCUT2D eigenvalue weighted by atomic mass is 10.2. The summed E-state index contributed by atoms with van der Waals surface area (Å²) in [5.74, 6) is -0.416. The van der Waals surface area contributed by atoms with Crippen LogP contribution in [0.4, 0.5) is 5.69 Å². The molecule has 2 aromatic rings. The maximum Gasteiger partial charge on any atom is 0.266 e. The highest BCUT2D eigenvalue weighted by Crippen LogP contribution is 2.11. The summed E-state index contributed by atoms with van der Waals surface area (Å²) in [5.41, 5.74) is 2.56. The van der Waals surface area contributed by atoms with E-state index in [0.29, 0.717) is 5.69 Å². The smallest absolute Gasteiger partial charge is 0.266 e. The van der Waals surface area contributed by atoms with Crippen LogP contribution in [0.3, 0.4) is 0 Å². The average molecular weight is 251 g/mol. The van der Waals surface area contributed by atoms with Gasteiger partial charge in [0.25, 0.3) is 5.91 Å². The molecule has 0 fully saturated rings. The standard InChI is InChI=1S/C15H13N3O/c1-11-4-6-13(7-5-11)18-15(19)12(10-16)9-14-3-2-8-17-14/h2-9,17H,1H3,(H,18,19)/b12-9+. The first-order valence-electron chi connectivity index (χ1n) is 5.82. The summed E-state index contributed by atoms with van der Waals surface area (Å²) in [7, 11) is 0. The lowest BCUT2D eigenvalue weighted by molar-refractivity contribution is -0.112. The number of anilines is 1. The predicted octanol–water partition coefficient (Wildman–Crippen LogP) is 2.87. The van der Waals surface area contributed by atoms with Crippen molar-refractivity contribution in [1.82, 2.24) is 4.98 Å². The molecule has 0 unspecified atom stereocenters. The van der Waals surface area contributed by atoms with Crippen molar-refractivity contribution < 1.29 is 4.79 Å². The second-order valence-electron chi connectivity index (χ2n) is 4.12. The Hall–Kier alpha value is -2.80. The van der Waals surface area contributed by atoms with Gasteiger partial charge in [-0.3, -0.25) is 4.79 Å². The van der Waals surface area contributed by atoms with Crippen molar-refractivity contribution in [2.24, 2.45) is 0 Å².